The Kier molecular flexibility index (Phi) is 3.42. The van der Waals surface area contributed by atoms with Crippen LogP contribution in [0.2, 0.25) is 5.02 Å². The molecule has 0 bridgehead atoms. The van der Waals surface area contributed by atoms with E-state index in [0.717, 1.165) is 5.56 Å². The smallest absolute Gasteiger partial charge is 0.165 e. The molecule has 0 aliphatic rings. The zero-order valence-corrected chi connectivity index (χ0v) is 9.12. The normalized spacial score (nSPS) is 10.1. The molecule has 1 nitrogen and oxygen atoms in total. The largest absolute Gasteiger partial charge is 0.481 e. The van der Waals surface area contributed by atoms with Gasteiger partial charge in [-0.05, 0) is 17.7 Å². The van der Waals surface area contributed by atoms with Crippen LogP contribution in [0.3, 0.4) is 0 Å². The van der Waals surface area contributed by atoms with Crippen LogP contribution >= 0.6 is 11.6 Å². The van der Waals surface area contributed by atoms with E-state index in [1.807, 2.05) is 30.3 Å². The van der Waals surface area contributed by atoms with Crippen molar-refractivity contribution in [1.82, 2.24) is 0 Å². The van der Waals surface area contributed by atoms with Gasteiger partial charge < -0.3 is 4.74 Å². The van der Waals surface area contributed by atoms with Crippen LogP contribution < -0.4 is 4.74 Å². The molecule has 0 aliphatic heterocycles. The summed E-state index contributed by atoms with van der Waals surface area (Å²) in [4.78, 5) is 0. The Morgan fingerprint density at radius 1 is 1.06 bits per heavy atom. The van der Waals surface area contributed by atoms with Crippen molar-refractivity contribution in [3.63, 3.8) is 0 Å². The summed E-state index contributed by atoms with van der Waals surface area (Å²) in [6, 6.07) is 13.8. The van der Waals surface area contributed by atoms with Gasteiger partial charge in [-0.1, -0.05) is 41.9 Å². The molecule has 2 rings (SSSR count). The highest BCUT2D eigenvalue weighted by Gasteiger charge is 2.02. The van der Waals surface area contributed by atoms with Crippen molar-refractivity contribution in [1.29, 1.82) is 0 Å². The number of hydrogen-bond donors (Lipinski definition) is 0. The van der Waals surface area contributed by atoms with Crippen molar-refractivity contribution in [3.8, 4) is 5.75 Å². The number of halogens is 2. The molecular weight excluding hydrogens is 227 g/mol. The molecule has 0 aliphatic carbocycles. The van der Waals surface area contributed by atoms with Crippen molar-refractivity contribution < 1.29 is 9.13 Å². The van der Waals surface area contributed by atoms with E-state index in [2.05, 4.69) is 0 Å². The molecule has 16 heavy (non-hydrogen) atoms. The Morgan fingerprint density at radius 3 is 2.50 bits per heavy atom. The van der Waals surface area contributed by atoms with E-state index < -0.39 is 5.82 Å². The lowest BCUT2D eigenvalue weighted by Crippen LogP contribution is -1.92. The van der Waals surface area contributed by atoms with Crippen LogP contribution in [-0.2, 0) is 0 Å². The van der Waals surface area contributed by atoms with Crippen LogP contribution in [0, 0.1) is 12.4 Å². The molecule has 0 heterocycles. The maximum atomic E-state index is 13.1. The molecule has 0 spiro atoms. The molecule has 0 N–H and O–H groups in total. The van der Waals surface area contributed by atoms with Crippen LogP contribution in [0.25, 0.3) is 0 Å². The minimum atomic E-state index is -0.486. The van der Waals surface area contributed by atoms with Gasteiger partial charge in [0.25, 0.3) is 0 Å². The third-order valence-corrected chi connectivity index (χ3v) is 2.33. The number of benzene rings is 2. The van der Waals surface area contributed by atoms with Gasteiger partial charge in [-0.2, -0.15) is 0 Å². The second-order valence-electron chi connectivity index (χ2n) is 3.22. The van der Waals surface area contributed by atoms with Crippen molar-refractivity contribution >= 4 is 11.6 Å². The minimum Gasteiger partial charge on any atom is -0.481 e. The minimum absolute atomic E-state index is 0.0899. The molecule has 1 radical (unpaired) electrons. The van der Waals surface area contributed by atoms with Crippen LogP contribution in [0.1, 0.15) is 5.56 Å². The summed E-state index contributed by atoms with van der Waals surface area (Å²) in [5, 5.41) is 0.0899. The van der Waals surface area contributed by atoms with Gasteiger partial charge in [-0.25, -0.2) is 4.39 Å². The zero-order valence-electron chi connectivity index (χ0n) is 8.36. The van der Waals surface area contributed by atoms with Crippen LogP contribution in [0.5, 0.6) is 5.75 Å². The average Bonchev–Trinajstić information content (AvgIpc) is 2.32. The van der Waals surface area contributed by atoms with Crippen LogP contribution in [-0.4, -0.2) is 0 Å². The fourth-order valence-electron chi connectivity index (χ4n) is 1.22. The van der Waals surface area contributed by atoms with Gasteiger partial charge in [0.15, 0.2) is 6.61 Å². The summed E-state index contributed by atoms with van der Waals surface area (Å²) >= 11 is 5.56. The predicted octanol–water partition coefficient (Wildman–Crippen LogP) is 4.07. The SMILES string of the molecule is Fc1cc(O[CH]c2ccccc2)ccc1Cl. The standard InChI is InChI=1S/C13H9ClFO/c14-12-7-6-11(8-13(12)15)16-9-10-4-2-1-3-5-10/h1-9H. The lowest BCUT2D eigenvalue weighted by Gasteiger charge is -2.05. The third kappa shape index (κ3) is 2.74. The first kappa shape index (κ1) is 11.0. The van der Waals surface area contributed by atoms with E-state index in [-0.39, 0.29) is 5.02 Å². The first-order chi connectivity index (χ1) is 7.75. The fourth-order valence-corrected chi connectivity index (χ4v) is 1.34. The first-order valence-corrected chi connectivity index (χ1v) is 5.13. The highest BCUT2D eigenvalue weighted by atomic mass is 35.5. The molecule has 0 atom stereocenters. The molecule has 0 fully saturated rings. The highest BCUT2D eigenvalue weighted by Crippen LogP contribution is 2.21. The highest BCUT2D eigenvalue weighted by molar-refractivity contribution is 6.30. The molecule has 0 saturated carbocycles. The van der Waals surface area contributed by atoms with Crippen molar-refractivity contribution in [2.45, 2.75) is 0 Å². The van der Waals surface area contributed by atoms with Gasteiger partial charge in [-0.3, -0.25) is 0 Å². The van der Waals surface area contributed by atoms with E-state index in [1.165, 1.54) is 12.1 Å². The maximum Gasteiger partial charge on any atom is 0.165 e. The Labute approximate surface area is 98.4 Å². The quantitative estimate of drug-likeness (QED) is 0.779. The maximum absolute atomic E-state index is 13.1. The Bertz CT molecular complexity index is 471. The summed E-state index contributed by atoms with van der Waals surface area (Å²) in [6.07, 6.45) is 0. The lowest BCUT2D eigenvalue weighted by atomic mass is 10.2. The zero-order chi connectivity index (χ0) is 11.4. The second-order valence-corrected chi connectivity index (χ2v) is 3.63. The average molecular weight is 236 g/mol. The van der Waals surface area contributed by atoms with E-state index in [1.54, 1.807) is 12.7 Å². The number of ether oxygens (including phenoxy) is 1. The molecular formula is C13H9ClFO. The van der Waals surface area contributed by atoms with Gasteiger partial charge in [0.05, 0.1) is 5.02 Å². The Morgan fingerprint density at radius 2 is 1.81 bits per heavy atom. The van der Waals surface area contributed by atoms with Crippen molar-refractivity contribution in [2.75, 3.05) is 0 Å². The molecule has 2 aromatic carbocycles. The fraction of sp³-hybridized carbons (Fsp3) is 0. The predicted molar refractivity (Wildman–Crippen MR) is 61.9 cm³/mol. The van der Waals surface area contributed by atoms with Crippen molar-refractivity contribution in [3.05, 3.63) is 71.5 Å². The van der Waals surface area contributed by atoms with Crippen molar-refractivity contribution in [2.24, 2.45) is 0 Å². The molecule has 3 heteroatoms. The molecule has 81 valence electrons. The molecule has 0 amide bonds. The molecule has 2 aromatic rings. The van der Waals surface area contributed by atoms with E-state index in [4.69, 9.17) is 16.3 Å². The molecule has 0 unspecified atom stereocenters. The van der Waals surface area contributed by atoms with Gasteiger partial charge in [0.2, 0.25) is 0 Å². The molecule has 0 saturated heterocycles. The van der Waals surface area contributed by atoms with Gasteiger partial charge in [-0.15, -0.1) is 0 Å². The van der Waals surface area contributed by atoms with E-state index >= 15 is 0 Å². The summed E-state index contributed by atoms with van der Waals surface area (Å²) in [6.45, 7) is 1.56. The number of rotatable bonds is 3. The third-order valence-electron chi connectivity index (χ3n) is 2.02. The monoisotopic (exact) mass is 235 g/mol. The Balaban J connectivity index is 2.03. The summed E-state index contributed by atoms with van der Waals surface area (Å²) in [5.41, 5.74) is 0.915. The van der Waals surface area contributed by atoms with Crippen LogP contribution in [0.15, 0.2) is 48.5 Å². The van der Waals surface area contributed by atoms with Gasteiger partial charge >= 0.3 is 0 Å². The second kappa shape index (κ2) is 4.99. The first-order valence-electron chi connectivity index (χ1n) is 4.76. The topological polar surface area (TPSA) is 9.23 Å². The lowest BCUT2D eigenvalue weighted by molar-refractivity contribution is 0.425. The summed E-state index contributed by atoms with van der Waals surface area (Å²) in [7, 11) is 0. The van der Waals surface area contributed by atoms with E-state index in [9.17, 15) is 4.39 Å². The van der Waals surface area contributed by atoms with Gasteiger partial charge in [0.1, 0.15) is 11.6 Å². The van der Waals surface area contributed by atoms with Gasteiger partial charge in [0, 0.05) is 6.07 Å². The number of hydrogen-bond acceptors (Lipinski definition) is 1. The summed E-state index contributed by atoms with van der Waals surface area (Å²) in [5.74, 6) is -0.0635. The van der Waals surface area contributed by atoms with Crippen LogP contribution in [0.4, 0.5) is 4.39 Å². The molecule has 0 aromatic heterocycles. The summed E-state index contributed by atoms with van der Waals surface area (Å²) < 4.78 is 18.4. The Hall–Kier alpha value is -1.54. The van der Waals surface area contributed by atoms with E-state index in [0.29, 0.717) is 5.75 Å².